The van der Waals surface area contributed by atoms with Gasteiger partial charge in [0.1, 0.15) is 0 Å². The predicted molar refractivity (Wildman–Crippen MR) is 73.5 cm³/mol. The van der Waals surface area contributed by atoms with E-state index in [-0.39, 0.29) is 0 Å². The molecule has 0 unspecified atom stereocenters. The molecular weight excluding hydrogens is 275 g/mol. The van der Waals surface area contributed by atoms with E-state index in [0.29, 0.717) is 15.0 Å². The summed E-state index contributed by atoms with van der Waals surface area (Å²) in [6, 6.07) is 12.9. The number of benzene rings is 1. The van der Waals surface area contributed by atoms with Gasteiger partial charge in [-0.1, -0.05) is 0 Å². The molecule has 0 aliphatic rings. The Morgan fingerprint density at radius 2 is 1.94 bits per heavy atom. The zero-order chi connectivity index (χ0) is 12.1. The zero-order valence-corrected chi connectivity index (χ0v) is 12.1. The van der Waals surface area contributed by atoms with Crippen LogP contribution in [-0.4, -0.2) is 15.0 Å². The maximum atomic E-state index is 5.80. The molecule has 1 heterocycles. The van der Waals surface area contributed by atoms with E-state index in [2.05, 4.69) is 43.3 Å². The second-order valence-corrected chi connectivity index (χ2v) is 6.50. The molecule has 0 saturated heterocycles. The maximum absolute atomic E-state index is 5.80. The van der Waals surface area contributed by atoms with Gasteiger partial charge in [0.25, 0.3) is 0 Å². The summed E-state index contributed by atoms with van der Waals surface area (Å²) in [5, 5.41) is 0. The van der Waals surface area contributed by atoms with E-state index in [1.54, 1.807) is 0 Å². The Balaban J connectivity index is 2.14. The van der Waals surface area contributed by atoms with E-state index in [1.807, 2.05) is 6.92 Å². The number of rotatable bonds is 5. The molecule has 1 aromatic heterocycles. The third kappa shape index (κ3) is 3.49. The molecule has 0 saturated carbocycles. The Hall–Kier alpha value is -0.981. The SMILES string of the molecule is CCCCc1oc(C)cc1[Se]c1ccccc1. The molecule has 0 amide bonds. The Kier molecular flexibility index (Phi) is 4.47. The molecule has 0 atom stereocenters. The fraction of sp³-hybridized carbons (Fsp3) is 0.333. The summed E-state index contributed by atoms with van der Waals surface area (Å²) in [6.45, 7) is 4.26. The van der Waals surface area contributed by atoms with Crippen molar-refractivity contribution < 1.29 is 4.42 Å². The van der Waals surface area contributed by atoms with Crippen LogP contribution in [0, 0.1) is 6.92 Å². The molecule has 0 fully saturated rings. The van der Waals surface area contributed by atoms with Crippen molar-refractivity contribution in [1.29, 1.82) is 0 Å². The first-order valence-electron chi connectivity index (χ1n) is 6.12. The third-order valence-electron chi connectivity index (χ3n) is 2.62. The van der Waals surface area contributed by atoms with E-state index < -0.39 is 0 Å². The number of furan rings is 1. The molecule has 2 heteroatoms. The van der Waals surface area contributed by atoms with Gasteiger partial charge in [0, 0.05) is 0 Å². The topological polar surface area (TPSA) is 13.1 Å². The average molecular weight is 293 g/mol. The van der Waals surface area contributed by atoms with Gasteiger partial charge in [0.15, 0.2) is 0 Å². The van der Waals surface area contributed by atoms with Gasteiger partial charge in [0.2, 0.25) is 0 Å². The van der Waals surface area contributed by atoms with Crippen molar-refractivity contribution in [3.63, 3.8) is 0 Å². The molecule has 0 aliphatic carbocycles. The first-order chi connectivity index (χ1) is 8.29. The normalized spacial score (nSPS) is 10.7. The van der Waals surface area contributed by atoms with Gasteiger partial charge in [-0.15, -0.1) is 0 Å². The number of aryl methyl sites for hydroxylation is 2. The Labute approximate surface area is 109 Å². The Bertz CT molecular complexity index is 459. The summed E-state index contributed by atoms with van der Waals surface area (Å²) in [5.41, 5.74) is 0. The van der Waals surface area contributed by atoms with Crippen molar-refractivity contribution in [3.8, 4) is 0 Å². The number of hydrogen-bond donors (Lipinski definition) is 0. The van der Waals surface area contributed by atoms with Crippen LogP contribution in [0.3, 0.4) is 0 Å². The molecule has 0 spiro atoms. The van der Waals surface area contributed by atoms with Crippen LogP contribution in [0.2, 0.25) is 0 Å². The molecule has 0 bridgehead atoms. The second-order valence-electron chi connectivity index (χ2n) is 4.16. The van der Waals surface area contributed by atoms with Crippen LogP contribution >= 0.6 is 0 Å². The first-order valence-corrected chi connectivity index (χ1v) is 7.83. The van der Waals surface area contributed by atoms with Gasteiger partial charge in [-0.05, 0) is 0 Å². The van der Waals surface area contributed by atoms with E-state index in [1.165, 1.54) is 27.5 Å². The van der Waals surface area contributed by atoms with Crippen LogP contribution in [0.5, 0.6) is 0 Å². The monoisotopic (exact) mass is 294 g/mol. The quantitative estimate of drug-likeness (QED) is 0.772. The van der Waals surface area contributed by atoms with Crippen LogP contribution < -0.4 is 8.92 Å². The second kappa shape index (κ2) is 6.09. The van der Waals surface area contributed by atoms with Crippen LogP contribution in [0.1, 0.15) is 31.3 Å². The summed E-state index contributed by atoms with van der Waals surface area (Å²) in [7, 11) is 0. The fourth-order valence-corrected chi connectivity index (χ4v) is 3.91. The molecule has 2 rings (SSSR count). The summed E-state index contributed by atoms with van der Waals surface area (Å²) in [5.74, 6) is 2.25. The minimum atomic E-state index is 0.377. The van der Waals surface area contributed by atoms with E-state index in [9.17, 15) is 0 Å². The minimum absolute atomic E-state index is 0.377. The van der Waals surface area contributed by atoms with Crippen molar-refractivity contribution in [2.24, 2.45) is 0 Å². The van der Waals surface area contributed by atoms with Crippen molar-refractivity contribution in [2.45, 2.75) is 33.1 Å². The Morgan fingerprint density at radius 1 is 1.18 bits per heavy atom. The Morgan fingerprint density at radius 3 is 2.65 bits per heavy atom. The summed E-state index contributed by atoms with van der Waals surface area (Å²) < 4.78 is 8.63. The van der Waals surface area contributed by atoms with E-state index in [0.717, 1.165) is 12.2 Å². The van der Waals surface area contributed by atoms with Crippen molar-refractivity contribution in [2.75, 3.05) is 0 Å². The van der Waals surface area contributed by atoms with Crippen LogP contribution in [0.25, 0.3) is 0 Å². The van der Waals surface area contributed by atoms with Crippen molar-refractivity contribution in [1.82, 2.24) is 0 Å². The number of unbranched alkanes of at least 4 members (excludes halogenated alkanes) is 1. The zero-order valence-electron chi connectivity index (χ0n) is 10.4. The standard InChI is InChI=1S/C15H18OSe/c1-3-4-10-14-15(11-12(2)16-14)17-13-8-6-5-7-9-13/h5-9,11H,3-4,10H2,1-2H3. The molecule has 90 valence electrons. The van der Waals surface area contributed by atoms with Crippen molar-refractivity contribution in [3.05, 3.63) is 47.9 Å². The third-order valence-corrected chi connectivity index (χ3v) is 4.87. The first kappa shape index (κ1) is 12.5. The molecule has 0 radical (unpaired) electrons. The van der Waals surface area contributed by atoms with Crippen LogP contribution in [-0.2, 0) is 6.42 Å². The van der Waals surface area contributed by atoms with Gasteiger partial charge in [-0.2, -0.15) is 0 Å². The molecule has 1 aromatic carbocycles. The van der Waals surface area contributed by atoms with Gasteiger partial charge < -0.3 is 0 Å². The molecule has 2 aromatic rings. The van der Waals surface area contributed by atoms with Gasteiger partial charge in [-0.25, -0.2) is 0 Å². The molecule has 1 nitrogen and oxygen atoms in total. The summed E-state index contributed by atoms with van der Waals surface area (Å²) in [6.07, 6.45) is 3.51. The summed E-state index contributed by atoms with van der Waals surface area (Å²) in [4.78, 5) is 0. The fourth-order valence-electron chi connectivity index (χ4n) is 1.75. The van der Waals surface area contributed by atoms with Gasteiger partial charge in [0.05, 0.1) is 0 Å². The van der Waals surface area contributed by atoms with Crippen LogP contribution in [0.15, 0.2) is 40.8 Å². The summed E-state index contributed by atoms with van der Waals surface area (Å²) >= 11 is 0.377. The molecule has 0 aliphatic heterocycles. The molecular formula is C15H18OSe. The van der Waals surface area contributed by atoms with Crippen LogP contribution in [0.4, 0.5) is 0 Å². The van der Waals surface area contributed by atoms with Gasteiger partial charge >= 0.3 is 109 Å². The van der Waals surface area contributed by atoms with E-state index in [4.69, 9.17) is 4.42 Å². The van der Waals surface area contributed by atoms with Gasteiger partial charge in [-0.3, -0.25) is 0 Å². The van der Waals surface area contributed by atoms with Crippen molar-refractivity contribution >= 4 is 23.9 Å². The van der Waals surface area contributed by atoms with E-state index >= 15 is 0 Å². The number of hydrogen-bond acceptors (Lipinski definition) is 1. The predicted octanol–water partition coefficient (Wildman–Crippen LogP) is 2.59. The molecule has 0 N–H and O–H groups in total. The average Bonchev–Trinajstić information content (AvgIpc) is 2.68. The molecule has 17 heavy (non-hydrogen) atoms.